The van der Waals surface area contributed by atoms with Crippen LogP contribution in [0.2, 0.25) is 0 Å². The van der Waals surface area contributed by atoms with E-state index in [0.29, 0.717) is 13.1 Å². The lowest BCUT2D eigenvalue weighted by Crippen LogP contribution is -2.47. The van der Waals surface area contributed by atoms with E-state index >= 15 is 0 Å². The molecule has 0 bridgehead atoms. The van der Waals surface area contributed by atoms with E-state index in [0.717, 1.165) is 54.6 Å². The number of amides is 1. The molecule has 168 valence electrons. The van der Waals surface area contributed by atoms with E-state index in [2.05, 4.69) is 53.3 Å². The van der Waals surface area contributed by atoms with E-state index < -0.39 is 0 Å². The molecule has 32 heavy (non-hydrogen) atoms. The summed E-state index contributed by atoms with van der Waals surface area (Å²) in [5, 5.41) is 8.63. The van der Waals surface area contributed by atoms with Gasteiger partial charge in [0.25, 0.3) is 0 Å². The van der Waals surface area contributed by atoms with Gasteiger partial charge in [-0.2, -0.15) is 5.10 Å². The van der Waals surface area contributed by atoms with Gasteiger partial charge in [-0.05, 0) is 39.3 Å². The second kappa shape index (κ2) is 9.53. The third-order valence-corrected chi connectivity index (χ3v) is 6.02. The Bertz CT molecular complexity index is 1100. The summed E-state index contributed by atoms with van der Waals surface area (Å²) in [6.07, 6.45) is 3.60. The summed E-state index contributed by atoms with van der Waals surface area (Å²) in [6.45, 7) is 12.6. The highest BCUT2D eigenvalue weighted by Crippen LogP contribution is 2.17. The van der Waals surface area contributed by atoms with E-state index in [1.54, 1.807) is 6.08 Å². The van der Waals surface area contributed by atoms with Crippen LogP contribution >= 0.6 is 0 Å². The third-order valence-electron chi connectivity index (χ3n) is 6.02. The number of benzene rings is 1. The summed E-state index contributed by atoms with van der Waals surface area (Å²) < 4.78 is 7.31. The van der Waals surface area contributed by atoms with Crippen LogP contribution in [0.4, 0.5) is 0 Å². The zero-order valence-electron chi connectivity index (χ0n) is 19.3. The molecule has 0 unspecified atom stereocenters. The largest absolute Gasteiger partial charge is 0.360 e. The molecule has 3 aromatic rings. The monoisotopic (exact) mass is 433 g/mol. The molecule has 2 aromatic heterocycles. The summed E-state index contributed by atoms with van der Waals surface area (Å²) >= 11 is 0. The van der Waals surface area contributed by atoms with Crippen LogP contribution in [0, 0.1) is 27.7 Å². The minimum absolute atomic E-state index is 0.0465. The molecule has 0 aliphatic carbocycles. The summed E-state index contributed by atoms with van der Waals surface area (Å²) in [6, 6.07) is 10.5. The van der Waals surface area contributed by atoms with Crippen LogP contribution in [0.5, 0.6) is 0 Å². The molecule has 1 saturated heterocycles. The Morgan fingerprint density at radius 1 is 1.03 bits per heavy atom. The normalized spacial score (nSPS) is 15.1. The van der Waals surface area contributed by atoms with Gasteiger partial charge in [0, 0.05) is 49.6 Å². The third kappa shape index (κ3) is 5.16. The highest BCUT2D eigenvalue weighted by molar-refractivity contribution is 5.92. The topological polar surface area (TPSA) is 67.4 Å². The first kappa shape index (κ1) is 22.0. The van der Waals surface area contributed by atoms with Crippen molar-refractivity contribution >= 4 is 12.0 Å². The van der Waals surface area contributed by atoms with Gasteiger partial charge in [-0.1, -0.05) is 35.0 Å². The van der Waals surface area contributed by atoms with Crippen molar-refractivity contribution in [3.8, 4) is 0 Å². The number of hydrogen-bond acceptors (Lipinski definition) is 5. The van der Waals surface area contributed by atoms with Crippen LogP contribution in [0.25, 0.3) is 6.08 Å². The number of rotatable bonds is 6. The fourth-order valence-corrected chi connectivity index (χ4v) is 4.07. The quantitative estimate of drug-likeness (QED) is 0.557. The average molecular weight is 434 g/mol. The van der Waals surface area contributed by atoms with Crippen molar-refractivity contribution in [3.63, 3.8) is 0 Å². The molecule has 7 heteroatoms. The Balaban J connectivity index is 1.34. The summed E-state index contributed by atoms with van der Waals surface area (Å²) in [5.41, 5.74) is 6.38. The number of aromatic nitrogens is 3. The second-order valence-electron chi connectivity index (χ2n) is 8.60. The zero-order chi connectivity index (χ0) is 22.7. The van der Waals surface area contributed by atoms with Gasteiger partial charge in [0.15, 0.2) is 5.76 Å². The van der Waals surface area contributed by atoms with Gasteiger partial charge in [-0.3, -0.25) is 14.4 Å². The lowest BCUT2D eigenvalue weighted by Gasteiger charge is -2.33. The van der Waals surface area contributed by atoms with Crippen molar-refractivity contribution in [1.29, 1.82) is 0 Å². The highest BCUT2D eigenvalue weighted by Gasteiger charge is 2.21. The fraction of sp³-hybridized carbons (Fsp3) is 0.400. The van der Waals surface area contributed by atoms with Crippen molar-refractivity contribution < 1.29 is 9.32 Å². The van der Waals surface area contributed by atoms with Crippen LogP contribution in [0.15, 0.2) is 40.9 Å². The average Bonchev–Trinajstić information content (AvgIpc) is 3.30. The summed E-state index contributed by atoms with van der Waals surface area (Å²) in [4.78, 5) is 16.9. The second-order valence-corrected chi connectivity index (χ2v) is 8.60. The Morgan fingerprint density at radius 2 is 1.75 bits per heavy atom. The van der Waals surface area contributed by atoms with Crippen molar-refractivity contribution in [2.75, 3.05) is 26.2 Å². The predicted molar refractivity (Wildman–Crippen MR) is 124 cm³/mol. The maximum absolute atomic E-state index is 12.8. The van der Waals surface area contributed by atoms with E-state index in [-0.39, 0.29) is 5.91 Å². The zero-order valence-corrected chi connectivity index (χ0v) is 19.3. The predicted octanol–water partition coefficient (Wildman–Crippen LogP) is 3.51. The van der Waals surface area contributed by atoms with Gasteiger partial charge in [0.2, 0.25) is 5.91 Å². The first-order valence-electron chi connectivity index (χ1n) is 11.1. The molecule has 1 aliphatic rings. The molecule has 0 spiro atoms. The molecule has 0 N–H and O–H groups in total. The fourth-order valence-electron chi connectivity index (χ4n) is 4.07. The van der Waals surface area contributed by atoms with Crippen molar-refractivity contribution in [2.24, 2.45) is 0 Å². The lowest BCUT2D eigenvalue weighted by atomic mass is 10.1. The van der Waals surface area contributed by atoms with E-state index in [9.17, 15) is 4.79 Å². The van der Waals surface area contributed by atoms with Gasteiger partial charge in [0.1, 0.15) is 0 Å². The molecule has 0 atom stereocenters. The van der Waals surface area contributed by atoms with Gasteiger partial charge in [-0.25, -0.2) is 0 Å². The van der Waals surface area contributed by atoms with Gasteiger partial charge < -0.3 is 9.42 Å². The first-order valence-corrected chi connectivity index (χ1v) is 11.1. The number of carbonyl (C=O) groups excluding carboxylic acids is 1. The molecule has 0 saturated carbocycles. The summed E-state index contributed by atoms with van der Waals surface area (Å²) in [7, 11) is 0. The molecular formula is C25H31N5O2. The Kier molecular flexibility index (Phi) is 6.55. The Labute approximate surface area is 189 Å². The Hall–Kier alpha value is -3.19. The van der Waals surface area contributed by atoms with Gasteiger partial charge in [0.05, 0.1) is 24.5 Å². The molecule has 1 aromatic carbocycles. The molecule has 1 fully saturated rings. The maximum Gasteiger partial charge on any atom is 0.246 e. The van der Waals surface area contributed by atoms with Crippen molar-refractivity contribution in [3.05, 3.63) is 75.9 Å². The van der Waals surface area contributed by atoms with Crippen LogP contribution in [0.3, 0.4) is 0 Å². The minimum atomic E-state index is 0.0465. The van der Waals surface area contributed by atoms with Crippen LogP contribution < -0.4 is 0 Å². The SMILES string of the molecule is Cc1ccc(Cn2nc(C)c(/C=C/C(=O)N3CCN(Cc4cc(C)no4)CC3)c2C)cc1. The van der Waals surface area contributed by atoms with Crippen LogP contribution in [-0.4, -0.2) is 56.8 Å². The van der Waals surface area contributed by atoms with Crippen LogP contribution in [0.1, 0.15) is 39.5 Å². The number of nitrogens with zero attached hydrogens (tertiary/aromatic N) is 5. The van der Waals surface area contributed by atoms with Crippen molar-refractivity contribution in [1.82, 2.24) is 24.7 Å². The standard InChI is InChI=1S/C25H31N5O2/c1-18-5-7-22(8-6-18)16-30-21(4)24(20(3)26-30)9-10-25(31)29-13-11-28(12-14-29)17-23-15-19(2)27-32-23/h5-10,15H,11-14,16-17H2,1-4H3/b10-9+. The number of aryl methyl sites for hydroxylation is 3. The highest BCUT2D eigenvalue weighted by atomic mass is 16.5. The van der Waals surface area contributed by atoms with Gasteiger partial charge >= 0.3 is 0 Å². The van der Waals surface area contributed by atoms with Crippen LogP contribution in [-0.2, 0) is 17.9 Å². The molecule has 1 aliphatic heterocycles. The maximum atomic E-state index is 12.8. The van der Waals surface area contributed by atoms with Gasteiger partial charge in [-0.15, -0.1) is 0 Å². The van der Waals surface area contributed by atoms with E-state index in [1.807, 2.05) is 35.6 Å². The number of carbonyl (C=O) groups is 1. The molecule has 1 amide bonds. The molecule has 3 heterocycles. The first-order chi connectivity index (χ1) is 15.4. The van der Waals surface area contributed by atoms with E-state index in [1.165, 1.54) is 11.1 Å². The number of piperazine rings is 1. The molecule has 7 nitrogen and oxygen atoms in total. The molecule has 0 radical (unpaired) electrons. The lowest BCUT2D eigenvalue weighted by molar-refractivity contribution is -0.127. The molecule has 4 rings (SSSR count). The number of hydrogen-bond donors (Lipinski definition) is 0. The van der Waals surface area contributed by atoms with Crippen molar-refractivity contribution in [2.45, 2.75) is 40.8 Å². The van der Waals surface area contributed by atoms with E-state index in [4.69, 9.17) is 4.52 Å². The smallest absolute Gasteiger partial charge is 0.246 e. The minimum Gasteiger partial charge on any atom is -0.360 e. The molecular weight excluding hydrogens is 402 g/mol. The summed E-state index contributed by atoms with van der Waals surface area (Å²) in [5.74, 6) is 0.918. The Morgan fingerprint density at radius 3 is 2.41 bits per heavy atom.